The van der Waals surface area contributed by atoms with E-state index in [1.54, 1.807) is 11.0 Å². The second-order valence-electron chi connectivity index (χ2n) is 6.72. The Morgan fingerprint density at radius 3 is 2.85 bits per heavy atom. The van der Waals surface area contributed by atoms with Crippen LogP contribution in [0.1, 0.15) is 28.2 Å². The Kier molecular flexibility index (Phi) is 4.26. The fraction of sp³-hybridized carbons (Fsp3) is 0.250. The average molecular weight is 348 g/mol. The van der Waals surface area contributed by atoms with E-state index in [4.69, 9.17) is 0 Å². The van der Waals surface area contributed by atoms with Crippen molar-refractivity contribution in [3.05, 3.63) is 77.4 Å². The predicted octanol–water partition coefficient (Wildman–Crippen LogP) is 2.76. The third kappa shape index (κ3) is 3.11. The van der Waals surface area contributed by atoms with Crippen LogP contribution >= 0.6 is 0 Å². The average Bonchev–Trinajstić information content (AvgIpc) is 3.15. The summed E-state index contributed by atoms with van der Waals surface area (Å²) in [6, 6.07) is 14.1. The standard InChI is InChI=1S/C20H20N4O2/c1-14-8-15(6-7-19(14)24-13-21-12-22-24)9-23-10-16-4-2-3-5-17(16)18(11-23)20(25)26/h2-8,12-13,18H,9-11H2,1H3,(H,25,26). The number of carboxylic acids is 1. The van der Waals surface area contributed by atoms with Crippen molar-refractivity contribution in [2.75, 3.05) is 6.54 Å². The van der Waals surface area contributed by atoms with Crippen LogP contribution in [-0.2, 0) is 17.9 Å². The summed E-state index contributed by atoms with van der Waals surface area (Å²) in [5.74, 6) is -1.24. The lowest BCUT2D eigenvalue weighted by molar-refractivity contribution is -0.139. The lowest BCUT2D eigenvalue weighted by Gasteiger charge is -2.32. The highest BCUT2D eigenvalue weighted by molar-refractivity contribution is 5.77. The molecule has 1 aliphatic rings. The number of hydrogen-bond acceptors (Lipinski definition) is 4. The predicted molar refractivity (Wildman–Crippen MR) is 97.0 cm³/mol. The molecule has 1 N–H and O–H groups in total. The molecule has 1 aliphatic heterocycles. The number of hydrogen-bond donors (Lipinski definition) is 1. The minimum absolute atomic E-state index is 0.476. The molecule has 0 amide bonds. The molecule has 0 bridgehead atoms. The topological polar surface area (TPSA) is 71.2 Å². The summed E-state index contributed by atoms with van der Waals surface area (Å²) in [6.07, 6.45) is 3.20. The molecule has 0 radical (unpaired) electrons. The van der Waals surface area contributed by atoms with Crippen LogP contribution in [0.3, 0.4) is 0 Å². The maximum Gasteiger partial charge on any atom is 0.312 e. The van der Waals surface area contributed by atoms with Crippen molar-refractivity contribution in [3.63, 3.8) is 0 Å². The maximum absolute atomic E-state index is 11.7. The second-order valence-corrected chi connectivity index (χ2v) is 6.72. The first kappa shape index (κ1) is 16.5. The number of rotatable bonds is 4. The summed E-state index contributed by atoms with van der Waals surface area (Å²) in [6.45, 7) is 4.06. The monoisotopic (exact) mass is 348 g/mol. The van der Waals surface area contributed by atoms with Crippen LogP contribution in [0.4, 0.5) is 0 Å². The van der Waals surface area contributed by atoms with Crippen LogP contribution in [0.25, 0.3) is 5.69 Å². The normalized spacial score (nSPS) is 17.0. The summed E-state index contributed by atoms with van der Waals surface area (Å²) in [7, 11) is 0. The molecule has 2 heterocycles. The fourth-order valence-corrected chi connectivity index (χ4v) is 3.68. The molecule has 0 spiro atoms. The van der Waals surface area contributed by atoms with E-state index in [0.717, 1.165) is 41.0 Å². The minimum Gasteiger partial charge on any atom is -0.481 e. The van der Waals surface area contributed by atoms with Gasteiger partial charge in [0.1, 0.15) is 12.7 Å². The molecule has 2 aromatic carbocycles. The zero-order valence-corrected chi connectivity index (χ0v) is 14.5. The molecular weight excluding hydrogens is 328 g/mol. The summed E-state index contributed by atoms with van der Waals surface area (Å²) in [4.78, 5) is 17.9. The van der Waals surface area contributed by atoms with E-state index in [-0.39, 0.29) is 0 Å². The van der Waals surface area contributed by atoms with Crippen molar-refractivity contribution in [1.29, 1.82) is 0 Å². The molecule has 1 atom stereocenters. The van der Waals surface area contributed by atoms with Crippen molar-refractivity contribution in [1.82, 2.24) is 19.7 Å². The zero-order valence-electron chi connectivity index (χ0n) is 14.5. The zero-order chi connectivity index (χ0) is 18.1. The molecule has 1 aromatic heterocycles. The van der Waals surface area contributed by atoms with Gasteiger partial charge in [0.15, 0.2) is 0 Å². The van der Waals surface area contributed by atoms with Gasteiger partial charge in [0, 0.05) is 19.6 Å². The minimum atomic E-state index is -0.764. The molecule has 132 valence electrons. The number of carboxylic acid groups (broad SMARTS) is 1. The van der Waals surface area contributed by atoms with Crippen LogP contribution in [0.2, 0.25) is 0 Å². The largest absolute Gasteiger partial charge is 0.481 e. The SMILES string of the molecule is Cc1cc(CN2Cc3ccccc3C(C(=O)O)C2)ccc1-n1cncn1. The molecular formula is C20H20N4O2. The fourth-order valence-electron chi connectivity index (χ4n) is 3.68. The van der Waals surface area contributed by atoms with Crippen molar-refractivity contribution >= 4 is 5.97 Å². The molecule has 1 unspecified atom stereocenters. The third-order valence-electron chi connectivity index (χ3n) is 4.90. The molecule has 3 aromatic rings. The third-order valence-corrected chi connectivity index (χ3v) is 4.90. The Morgan fingerprint density at radius 1 is 1.27 bits per heavy atom. The number of aromatic nitrogens is 3. The quantitative estimate of drug-likeness (QED) is 0.785. The number of carbonyl (C=O) groups is 1. The van der Waals surface area contributed by atoms with Crippen molar-refractivity contribution < 1.29 is 9.90 Å². The first-order chi connectivity index (χ1) is 12.6. The molecule has 0 aliphatic carbocycles. The molecule has 0 saturated carbocycles. The number of nitrogens with zero attached hydrogens (tertiary/aromatic N) is 4. The van der Waals surface area contributed by atoms with Gasteiger partial charge in [-0.05, 0) is 35.2 Å². The van der Waals surface area contributed by atoms with Gasteiger partial charge in [-0.3, -0.25) is 9.69 Å². The smallest absolute Gasteiger partial charge is 0.312 e. The second kappa shape index (κ2) is 6.72. The summed E-state index contributed by atoms with van der Waals surface area (Å²) in [5.41, 5.74) is 5.31. The van der Waals surface area contributed by atoms with Crippen LogP contribution in [0, 0.1) is 6.92 Å². The first-order valence-electron chi connectivity index (χ1n) is 8.59. The highest BCUT2D eigenvalue weighted by Gasteiger charge is 2.30. The van der Waals surface area contributed by atoms with E-state index in [9.17, 15) is 9.90 Å². The van der Waals surface area contributed by atoms with E-state index in [1.165, 1.54) is 6.33 Å². The Hall–Kier alpha value is -2.99. The number of aliphatic carboxylic acids is 1. The number of fused-ring (bicyclic) bond motifs is 1. The molecule has 0 fully saturated rings. The van der Waals surface area contributed by atoms with Gasteiger partial charge >= 0.3 is 5.97 Å². The van der Waals surface area contributed by atoms with Gasteiger partial charge in [0.25, 0.3) is 0 Å². The summed E-state index contributed by atoms with van der Waals surface area (Å²) in [5, 5.41) is 13.8. The van der Waals surface area contributed by atoms with Crippen molar-refractivity contribution in [3.8, 4) is 5.69 Å². The lowest BCUT2D eigenvalue weighted by Crippen LogP contribution is -2.36. The van der Waals surface area contributed by atoms with Crippen LogP contribution in [-0.4, -0.2) is 37.3 Å². The summed E-state index contributed by atoms with van der Waals surface area (Å²) < 4.78 is 1.75. The molecule has 26 heavy (non-hydrogen) atoms. The van der Waals surface area contributed by atoms with E-state index < -0.39 is 11.9 Å². The van der Waals surface area contributed by atoms with Gasteiger partial charge in [-0.2, -0.15) is 5.10 Å². The Balaban J connectivity index is 1.56. The molecule has 6 nitrogen and oxygen atoms in total. The maximum atomic E-state index is 11.7. The Morgan fingerprint density at radius 2 is 2.12 bits per heavy atom. The van der Waals surface area contributed by atoms with Gasteiger partial charge in [0.05, 0.1) is 11.6 Å². The number of aryl methyl sites for hydroxylation is 1. The highest BCUT2D eigenvalue weighted by Crippen LogP contribution is 2.29. The van der Waals surface area contributed by atoms with Gasteiger partial charge in [-0.1, -0.05) is 36.4 Å². The highest BCUT2D eigenvalue weighted by atomic mass is 16.4. The van der Waals surface area contributed by atoms with E-state index in [2.05, 4.69) is 27.1 Å². The van der Waals surface area contributed by atoms with Crippen molar-refractivity contribution in [2.24, 2.45) is 0 Å². The molecule has 4 rings (SSSR count). The van der Waals surface area contributed by atoms with Gasteiger partial charge < -0.3 is 5.11 Å². The molecule has 0 saturated heterocycles. The lowest BCUT2D eigenvalue weighted by atomic mass is 9.89. The van der Waals surface area contributed by atoms with Crippen molar-refractivity contribution in [2.45, 2.75) is 25.9 Å². The van der Waals surface area contributed by atoms with E-state index in [1.807, 2.05) is 37.3 Å². The van der Waals surface area contributed by atoms with Crippen LogP contribution in [0.15, 0.2) is 55.1 Å². The number of benzene rings is 2. The van der Waals surface area contributed by atoms with Gasteiger partial charge in [-0.15, -0.1) is 0 Å². The van der Waals surface area contributed by atoms with E-state index >= 15 is 0 Å². The summed E-state index contributed by atoms with van der Waals surface area (Å²) >= 11 is 0. The first-order valence-corrected chi connectivity index (χ1v) is 8.59. The Labute approximate surface area is 151 Å². The van der Waals surface area contributed by atoms with Gasteiger partial charge in [-0.25, -0.2) is 9.67 Å². The van der Waals surface area contributed by atoms with Crippen LogP contribution in [0.5, 0.6) is 0 Å². The van der Waals surface area contributed by atoms with Gasteiger partial charge in [0.2, 0.25) is 0 Å². The Bertz CT molecular complexity index is 937. The van der Waals surface area contributed by atoms with E-state index in [0.29, 0.717) is 6.54 Å². The molecule has 6 heteroatoms. The van der Waals surface area contributed by atoms with Crippen LogP contribution < -0.4 is 0 Å².